The smallest absolute Gasteiger partial charge is 0.111 e. The second-order valence-electron chi connectivity index (χ2n) is 5.21. The average Bonchev–Trinajstić information content (AvgIpc) is 2.57. The molecule has 6 heteroatoms. The maximum absolute atomic E-state index is 9.90. The van der Waals surface area contributed by atoms with Crippen LogP contribution in [0.1, 0.15) is 0 Å². The molecule has 0 amide bonds. The van der Waals surface area contributed by atoms with E-state index in [-0.39, 0.29) is 6.54 Å². The molecule has 0 aliphatic carbocycles. The largest absolute Gasteiger partial charge is 0.394 e. The lowest BCUT2D eigenvalue weighted by molar-refractivity contribution is -0.111. The van der Waals surface area contributed by atoms with Crippen molar-refractivity contribution in [3.63, 3.8) is 0 Å². The number of anilines is 1. The van der Waals surface area contributed by atoms with E-state index in [0.717, 1.165) is 16.5 Å². The quantitative estimate of drug-likeness (QED) is 0.418. The van der Waals surface area contributed by atoms with Gasteiger partial charge in [0.05, 0.1) is 12.7 Å². The van der Waals surface area contributed by atoms with E-state index in [9.17, 15) is 20.4 Å². The van der Waals surface area contributed by atoms with Crippen LogP contribution in [0.4, 0.5) is 5.69 Å². The van der Waals surface area contributed by atoms with E-state index in [0.29, 0.717) is 0 Å². The van der Waals surface area contributed by atoms with Crippen LogP contribution in [0.3, 0.4) is 0 Å². The monoisotopic (exact) mass is 307 g/mol. The zero-order valence-electron chi connectivity index (χ0n) is 12.0. The molecule has 0 saturated heterocycles. The lowest BCUT2D eigenvalue weighted by Crippen LogP contribution is -2.48. The summed E-state index contributed by atoms with van der Waals surface area (Å²) >= 11 is 0. The van der Waals surface area contributed by atoms with Gasteiger partial charge in [0.1, 0.15) is 18.3 Å². The van der Waals surface area contributed by atoms with Crippen molar-refractivity contribution >= 4 is 16.5 Å². The maximum Gasteiger partial charge on any atom is 0.111 e. The molecule has 0 aromatic heterocycles. The van der Waals surface area contributed by atoms with Gasteiger partial charge in [-0.15, -0.1) is 0 Å². The summed E-state index contributed by atoms with van der Waals surface area (Å²) in [6, 6.07) is 13.4. The summed E-state index contributed by atoms with van der Waals surface area (Å²) in [6.45, 7) is -0.702. The molecular formula is C16H21NO5. The molecule has 4 atom stereocenters. The van der Waals surface area contributed by atoms with Crippen LogP contribution in [0.15, 0.2) is 42.5 Å². The summed E-state index contributed by atoms with van der Waals surface area (Å²) < 4.78 is 0. The summed E-state index contributed by atoms with van der Waals surface area (Å²) in [6.07, 6.45) is -5.98. The minimum absolute atomic E-state index is 0.00954. The molecule has 0 fully saturated rings. The van der Waals surface area contributed by atoms with E-state index in [1.165, 1.54) is 0 Å². The van der Waals surface area contributed by atoms with Crippen LogP contribution in [0.2, 0.25) is 0 Å². The van der Waals surface area contributed by atoms with Gasteiger partial charge < -0.3 is 30.8 Å². The third kappa shape index (κ3) is 3.73. The number of rotatable bonds is 7. The first-order chi connectivity index (χ1) is 10.5. The molecule has 0 spiro atoms. The minimum Gasteiger partial charge on any atom is -0.394 e. The highest BCUT2D eigenvalue weighted by atomic mass is 16.4. The lowest BCUT2D eigenvalue weighted by Gasteiger charge is -2.26. The Kier molecular flexibility index (Phi) is 5.70. The number of aliphatic hydroxyl groups excluding tert-OH is 5. The first-order valence-electron chi connectivity index (χ1n) is 7.09. The summed E-state index contributed by atoms with van der Waals surface area (Å²) in [5.74, 6) is 0. The van der Waals surface area contributed by atoms with Crippen molar-refractivity contribution in [3.8, 4) is 0 Å². The summed E-state index contributed by atoms with van der Waals surface area (Å²) in [4.78, 5) is 0. The Morgan fingerprint density at radius 3 is 2.18 bits per heavy atom. The first kappa shape index (κ1) is 16.7. The third-order valence-electron chi connectivity index (χ3n) is 3.62. The van der Waals surface area contributed by atoms with Gasteiger partial charge in [-0.2, -0.15) is 0 Å². The van der Waals surface area contributed by atoms with Gasteiger partial charge in [0.2, 0.25) is 0 Å². The predicted molar refractivity (Wildman–Crippen MR) is 83.6 cm³/mol. The molecule has 2 rings (SSSR count). The van der Waals surface area contributed by atoms with Gasteiger partial charge in [0.25, 0.3) is 0 Å². The van der Waals surface area contributed by atoms with Crippen molar-refractivity contribution < 1.29 is 25.5 Å². The minimum atomic E-state index is -1.62. The Balaban J connectivity index is 2.02. The maximum atomic E-state index is 9.90. The Hall–Kier alpha value is -1.70. The first-order valence-corrected chi connectivity index (χ1v) is 7.09. The normalized spacial score (nSPS) is 17.0. The zero-order chi connectivity index (χ0) is 16.1. The molecule has 0 bridgehead atoms. The number of aliphatic hydroxyl groups is 5. The van der Waals surface area contributed by atoms with E-state index in [1.54, 1.807) is 0 Å². The Bertz CT molecular complexity index is 601. The van der Waals surface area contributed by atoms with Crippen LogP contribution in [0.25, 0.3) is 10.8 Å². The molecule has 0 aliphatic rings. The summed E-state index contributed by atoms with van der Waals surface area (Å²) in [5.41, 5.74) is 0.793. The molecule has 2 aromatic rings. The third-order valence-corrected chi connectivity index (χ3v) is 3.62. The SMILES string of the molecule is OC[C@@H](O)[C@@H](O)[C@H](O)[C@@H](O)CNc1cccc2ccccc12. The second kappa shape index (κ2) is 7.53. The standard InChI is InChI=1S/C16H21NO5/c18-9-14(20)16(22)15(21)13(19)8-17-12-7-3-5-10-4-1-2-6-11(10)12/h1-7,13-22H,8-9H2/t13-,14+,15+,16+/m0/s1. The van der Waals surface area contributed by atoms with E-state index >= 15 is 0 Å². The number of nitrogens with one attached hydrogen (secondary N) is 1. The molecule has 0 radical (unpaired) electrons. The molecule has 22 heavy (non-hydrogen) atoms. The number of fused-ring (bicyclic) bond motifs is 1. The molecule has 0 aliphatic heterocycles. The molecule has 0 heterocycles. The zero-order valence-corrected chi connectivity index (χ0v) is 12.0. The Morgan fingerprint density at radius 2 is 1.45 bits per heavy atom. The van der Waals surface area contributed by atoms with E-state index in [1.807, 2.05) is 42.5 Å². The molecule has 6 nitrogen and oxygen atoms in total. The van der Waals surface area contributed by atoms with Crippen LogP contribution >= 0.6 is 0 Å². The highest BCUT2D eigenvalue weighted by Gasteiger charge is 2.29. The highest BCUT2D eigenvalue weighted by molar-refractivity contribution is 5.93. The van der Waals surface area contributed by atoms with Crippen molar-refractivity contribution in [2.45, 2.75) is 24.4 Å². The van der Waals surface area contributed by atoms with Crippen LogP contribution < -0.4 is 5.32 Å². The Labute approximate surface area is 128 Å². The number of hydrogen-bond donors (Lipinski definition) is 6. The van der Waals surface area contributed by atoms with Crippen molar-refractivity contribution in [1.29, 1.82) is 0 Å². The van der Waals surface area contributed by atoms with Gasteiger partial charge in [-0.1, -0.05) is 36.4 Å². The van der Waals surface area contributed by atoms with Crippen LogP contribution in [-0.2, 0) is 0 Å². The predicted octanol–water partition coefficient (Wildman–Crippen LogP) is -0.312. The van der Waals surface area contributed by atoms with Crippen molar-refractivity contribution in [2.24, 2.45) is 0 Å². The van der Waals surface area contributed by atoms with Crippen LogP contribution in [-0.4, -0.2) is 63.1 Å². The molecule has 0 saturated carbocycles. The summed E-state index contributed by atoms with van der Waals surface area (Å²) in [5, 5.41) is 52.3. The fraction of sp³-hybridized carbons (Fsp3) is 0.375. The van der Waals surface area contributed by atoms with E-state index in [4.69, 9.17) is 5.11 Å². The van der Waals surface area contributed by atoms with E-state index in [2.05, 4.69) is 5.32 Å². The summed E-state index contributed by atoms with van der Waals surface area (Å²) in [7, 11) is 0. The molecule has 2 aromatic carbocycles. The van der Waals surface area contributed by atoms with Crippen molar-refractivity contribution in [3.05, 3.63) is 42.5 Å². The topological polar surface area (TPSA) is 113 Å². The van der Waals surface area contributed by atoms with Crippen LogP contribution in [0, 0.1) is 0 Å². The van der Waals surface area contributed by atoms with Gasteiger partial charge in [-0.05, 0) is 11.5 Å². The molecular weight excluding hydrogens is 286 g/mol. The van der Waals surface area contributed by atoms with Gasteiger partial charge in [0.15, 0.2) is 0 Å². The van der Waals surface area contributed by atoms with Crippen molar-refractivity contribution in [2.75, 3.05) is 18.5 Å². The van der Waals surface area contributed by atoms with Gasteiger partial charge in [-0.3, -0.25) is 0 Å². The Morgan fingerprint density at radius 1 is 0.818 bits per heavy atom. The average molecular weight is 307 g/mol. The van der Waals surface area contributed by atoms with Gasteiger partial charge in [-0.25, -0.2) is 0 Å². The molecule has 120 valence electrons. The number of hydrogen-bond acceptors (Lipinski definition) is 6. The molecule has 0 unspecified atom stereocenters. The van der Waals surface area contributed by atoms with Gasteiger partial charge in [0, 0.05) is 17.6 Å². The van der Waals surface area contributed by atoms with Crippen LogP contribution in [0.5, 0.6) is 0 Å². The highest BCUT2D eigenvalue weighted by Crippen LogP contribution is 2.23. The van der Waals surface area contributed by atoms with E-state index < -0.39 is 31.0 Å². The lowest BCUT2D eigenvalue weighted by atomic mass is 10.0. The fourth-order valence-corrected chi connectivity index (χ4v) is 2.28. The second-order valence-corrected chi connectivity index (χ2v) is 5.21. The molecule has 6 N–H and O–H groups in total. The van der Waals surface area contributed by atoms with Gasteiger partial charge >= 0.3 is 0 Å². The number of benzene rings is 2. The fourth-order valence-electron chi connectivity index (χ4n) is 2.28. The van der Waals surface area contributed by atoms with Crippen molar-refractivity contribution in [1.82, 2.24) is 0 Å².